The first-order valence-electron chi connectivity index (χ1n) is 4.76. The summed E-state index contributed by atoms with van der Waals surface area (Å²) in [6.07, 6.45) is 2.14. The van der Waals surface area contributed by atoms with Crippen LogP contribution in [0.15, 0.2) is 9.98 Å². The van der Waals surface area contributed by atoms with Gasteiger partial charge in [0.15, 0.2) is 5.13 Å². The highest BCUT2D eigenvalue weighted by Gasteiger charge is 2.09. The summed E-state index contributed by atoms with van der Waals surface area (Å²) in [7, 11) is 0. The van der Waals surface area contributed by atoms with Crippen LogP contribution >= 0.6 is 27.3 Å². The Balaban J connectivity index is 2.36. The number of aromatic nitrogens is 1. The summed E-state index contributed by atoms with van der Waals surface area (Å²) >= 11 is 4.70. The molecule has 0 aliphatic rings. The number of carbonyl (C=O) groups is 1. The van der Waals surface area contributed by atoms with Crippen molar-refractivity contribution in [1.29, 1.82) is 0 Å². The standard InChI is InChI=1S/C9H14BrN3OS/c1-3-11-6(2)4-8(14)13-9-12-5-7(10)15-9/h5-6,11H,3-4H2,1-2H3,(H,12,13,14). The largest absolute Gasteiger partial charge is 0.314 e. The molecule has 4 nitrogen and oxygen atoms in total. The van der Waals surface area contributed by atoms with Crippen molar-refractivity contribution < 1.29 is 4.79 Å². The Kier molecular flexibility index (Phi) is 5.21. The molecular weight excluding hydrogens is 278 g/mol. The molecule has 0 aliphatic heterocycles. The summed E-state index contributed by atoms with van der Waals surface area (Å²) in [6.45, 7) is 4.88. The number of nitrogens with one attached hydrogen (secondary N) is 2. The van der Waals surface area contributed by atoms with Crippen molar-refractivity contribution in [2.24, 2.45) is 0 Å². The second-order valence-corrected chi connectivity index (χ2v) is 5.59. The van der Waals surface area contributed by atoms with E-state index in [0.29, 0.717) is 11.6 Å². The Morgan fingerprint density at radius 3 is 3.00 bits per heavy atom. The first kappa shape index (κ1) is 12.6. The van der Waals surface area contributed by atoms with Gasteiger partial charge in [-0.05, 0) is 29.4 Å². The van der Waals surface area contributed by atoms with E-state index in [-0.39, 0.29) is 11.9 Å². The highest BCUT2D eigenvalue weighted by Crippen LogP contribution is 2.23. The van der Waals surface area contributed by atoms with Crippen LogP contribution in [0.25, 0.3) is 0 Å². The molecule has 1 amide bonds. The number of amides is 1. The average Bonchev–Trinajstić information content (AvgIpc) is 2.51. The van der Waals surface area contributed by atoms with Crippen LogP contribution < -0.4 is 10.6 Å². The van der Waals surface area contributed by atoms with Crippen molar-refractivity contribution in [3.8, 4) is 0 Å². The molecule has 1 heterocycles. The van der Waals surface area contributed by atoms with E-state index in [4.69, 9.17) is 0 Å². The number of nitrogens with zero attached hydrogens (tertiary/aromatic N) is 1. The predicted molar refractivity (Wildman–Crippen MR) is 66.2 cm³/mol. The fourth-order valence-electron chi connectivity index (χ4n) is 1.18. The summed E-state index contributed by atoms with van der Waals surface area (Å²) < 4.78 is 0.914. The molecule has 0 saturated carbocycles. The van der Waals surface area contributed by atoms with E-state index in [1.807, 2.05) is 13.8 Å². The van der Waals surface area contributed by atoms with Gasteiger partial charge >= 0.3 is 0 Å². The van der Waals surface area contributed by atoms with Gasteiger partial charge in [0, 0.05) is 12.5 Å². The van der Waals surface area contributed by atoms with Crippen molar-refractivity contribution >= 4 is 38.3 Å². The third-order valence-electron chi connectivity index (χ3n) is 1.77. The fraction of sp³-hybridized carbons (Fsp3) is 0.556. The minimum atomic E-state index is -0.00898. The van der Waals surface area contributed by atoms with Crippen LogP contribution in [0.4, 0.5) is 5.13 Å². The number of anilines is 1. The van der Waals surface area contributed by atoms with Crippen LogP contribution in [0.3, 0.4) is 0 Å². The van der Waals surface area contributed by atoms with Gasteiger partial charge in [0.1, 0.15) is 0 Å². The zero-order valence-electron chi connectivity index (χ0n) is 8.71. The molecule has 0 bridgehead atoms. The lowest BCUT2D eigenvalue weighted by Gasteiger charge is -2.10. The lowest BCUT2D eigenvalue weighted by Crippen LogP contribution is -2.30. The SMILES string of the molecule is CCNC(C)CC(=O)Nc1ncc(Br)s1. The minimum absolute atomic E-state index is 0.00898. The zero-order valence-corrected chi connectivity index (χ0v) is 11.1. The molecule has 0 fully saturated rings. The Labute approximate surface area is 102 Å². The molecule has 0 radical (unpaired) electrons. The van der Waals surface area contributed by atoms with Gasteiger partial charge in [-0.25, -0.2) is 4.98 Å². The van der Waals surface area contributed by atoms with Gasteiger partial charge in [0.2, 0.25) is 5.91 Å². The Hall–Kier alpha value is -0.460. The number of hydrogen-bond acceptors (Lipinski definition) is 4. The molecule has 1 aromatic rings. The number of carbonyl (C=O) groups excluding carboxylic acids is 1. The maximum Gasteiger partial charge on any atom is 0.227 e. The molecule has 2 N–H and O–H groups in total. The second kappa shape index (κ2) is 6.19. The molecule has 0 saturated heterocycles. The topological polar surface area (TPSA) is 54.0 Å². The van der Waals surface area contributed by atoms with Crippen LogP contribution in [0.1, 0.15) is 20.3 Å². The van der Waals surface area contributed by atoms with Crippen molar-refractivity contribution in [2.45, 2.75) is 26.3 Å². The Bertz CT molecular complexity index is 329. The number of halogens is 1. The van der Waals surface area contributed by atoms with Crippen LogP contribution in [0.5, 0.6) is 0 Å². The molecule has 84 valence electrons. The molecule has 0 spiro atoms. The third-order valence-corrected chi connectivity index (χ3v) is 3.16. The first-order chi connectivity index (χ1) is 7.11. The van der Waals surface area contributed by atoms with Gasteiger partial charge in [-0.1, -0.05) is 18.3 Å². The van der Waals surface area contributed by atoms with E-state index < -0.39 is 0 Å². The van der Waals surface area contributed by atoms with E-state index in [1.165, 1.54) is 11.3 Å². The summed E-state index contributed by atoms with van der Waals surface area (Å²) in [5, 5.41) is 6.57. The molecule has 0 aliphatic carbocycles. The maximum atomic E-state index is 11.5. The summed E-state index contributed by atoms with van der Waals surface area (Å²) in [5.74, 6) is -0.00898. The van der Waals surface area contributed by atoms with Crippen molar-refractivity contribution in [1.82, 2.24) is 10.3 Å². The highest BCUT2D eigenvalue weighted by molar-refractivity contribution is 9.11. The smallest absolute Gasteiger partial charge is 0.227 e. The van der Waals surface area contributed by atoms with Gasteiger partial charge in [-0.3, -0.25) is 4.79 Å². The Morgan fingerprint density at radius 2 is 2.47 bits per heavy atom. The number of rotatable bonds is 5. The maximum absolute atomic E-state index is 11.5. The molecule has 15 heavy (non-hydrogen) atoms. The minimum Gasteiger partial charge on any atom is -0.314 e. The average molecular weight is 292 g/mol. The van der Waals surface area contributed by atoms with Crippen molar-refractivity contribution in [3.05, 3.63) is 9.98 Å². The van der Waals surface area contributed by atoms with Gasteiger partial charge in [0.05, 0.1) is 9.98 Å². The van der Waals surface area contributed by atoms with Crippen molar-refractivity contribution in [3.63, 3.8) is 0 Å². The number of thiazole rings is 1. The van der Waals surface area contributed by atoms with E-state index in [9.17, 15) is 4.79 Å². The van der Waals surface area contributed by atoms with Crippen LogP contribution in [-0.2, 0) is 4.79 Å². The van der Waals surface area contributed by atoms with Gasteiger partial charge < -0.3 is 10.6 Å². The molecule has 1 atom stereocenters. The predicted octanol–water partition coefficient (Wildman–Crippen LogP) is 2.23. The zero-order chi connectivity index (χ0) is 11.3. The molecule has 1 aromatic heterocycles. The molecule has 1 rings (SSSR count). The molecular formula is C9H14BrN3OS. The number of hydrogen-bond donors (Lipinski definition) is 2. The Morgan fingerprint density at radius 1 is 1.73 bits per heavy atom. The lowest BCUT2D eigenvalue weighted by atomic mass is 10.2. The fourth-order valence-corrected chi connectivity index (χ4v) is 2.30. The van der Waals surface area contributed by atoms with Gasteiger partial charge in [-0.2, -0.15) is 0 Å². The summed E-state index contributed by atoms with van der Waals surface area (Å²) in [5.41, 5.74) is 0. The van der Waals surface area contributed by atoms with E-state index in [2.05, 4.69) is 31.5 Å². The van der Waals surface area contributed by atoms with Crippen LogP contribution in [-0.4, -0.2) is 23.5 Å². The molecule has 0 aromatic carbocycles. The van der Waals surface area contributed by atoms with Crippen LogP contribution in [0, 0.1) is 0 Å². The summed E-state index contributed by atoms with van der Waals surface area (Å²) in [6, 6.07) is 0.193. The van der Waals surface area contributed by atoms with Gasteiger partial charge in [-0.15, -0.1) is 0 Å². The first-order valence-corrected chi connectivity index (χ1v) is 6.37. The van der Waals surface area contributed by atoms with E-state index >= 15 is 0 Å². The molecule has 6 heteroatoms. The normalized spacial score (nSPS) is 12.5. The monoisotopic (exact) mass is 291 g/mol. The second-order valence-electron chi connectivity index (χ2n) is 3.18. The quantitative estimate of drug-likeness (QED) is 0.875. The van der Waals surface area contributed by atoms with Gasteiger partial charge in [0.25, 0.3) is 0 Å². The third kappa shape index (κ3) is 4.72. The summed E-state index contributed by atoms with van der Waals surface area (Å²) in [4.78, 5) is 15.5. The van der Waals surface area contributed by atoms with Crippen molar-refractivity contribution in [2.75, 3.05) is 11.9 Å². The lowest BCUT2D eigenvalue weighted by molar-refractivity contribution is -0.116. The molecule has 1 unspecified atom stereocenters. The highest BCUT2D eigenvalue weighted by atomic mass is 79.9. The van der Waals surface area contributed by atoms with E-state index in [1.54, 1.807) is 6.20 Å². The van der Waals surface area contributed by atoms with E-state index in [0.717, 1.165) is 10.3 Å². The van der Waals surface area contributed by atoms with Crippen LogP contribution in [0.2, 0.25) is 0 Å².